The normalized spacial score (nSPS) is 14.9. The van der Waals surface area contributed by atoms with E-state index in [4.69, 9.17) is 10.2 Å². The fourth-order valence-electron chi connectivity index (χ4n) is 1.58. The molecule has 1 aromatic heterocycles. The first-order valence-electron chi connectivity index (χ1n) is 5.98. The first kappa shape index (κ1) is 16.7. The maximum Gasteiger partial charge on any atom is 0.247 e. The highest BCUT2D eigenvalue weighted by molar-refractivity contribution is 9.10. The van der Waals surface area contributed by atoms with Gasteiger partial charge in [0.15, 0.2) is 4.67 Å². The van der Waals surface area contributed by atoms with Gasteiger partial charge in [-0.05, 0) is 28.3 Å². The van der Waals surface area contributed by atoms with Crippen molar-refractivity contribution in [3.05, 3.63) is 16.5 Å². The van der Waals surface area contributed by atoms with Crippen molar-refractivity contribution in [2.75, 3.05) is 7.05 Å². The van der Waals surface area contributed by atoms with Gasteiger partial charge in [0.1, 0.15) is 10.7 Å². The van der Waals surface area contributed by atoms with E-state index in [0.717, 1.165) is 0 Å². The smallest absolute Gasteiger partial charge is 0.247 e. The first-order valence-corrected chi connectivity index (χ1v) is 8.21. The van der Waals surface area contributed by atoms with Crippen LogP contribution in [0, 0.1) is 5.41 Å². The minimum absolute atomic E-state index is 0.117. The molecule has 1 heterocycles. The summed E-state index contributed by atoms with van der Waals surface area (Å²) in [7, 11) is -2.03. The molecule has 0 amide bonds. The first-order chi connectivity index (χ1) is 8.51. The molecule has 0 spiro atoms. The molecular weight excluding hydrogens is 332 g/mol. The molecule has 0 saturated heterocycles. The zero-order chi connectivity index (χ0) is 15.0. The third-order valence-corrected chi connectivity index (χ3v) is 6.15. The van der Waals surface area contributed by atoms with Crippen LogP contribution in [0.5, 0.6) is 0 Å². The average Bonchev–Trinajstić information content (AvgIpc) is 2.68. The van der Waals surface area contributed by atoms with E-state index in [1.54, 1.807) is 7.05 Å². The van der Waals surface area contributed by atoms with Gasteiger partial charge < -0.3 is 10.2 Å². The van der Waals surface area contributed by atoms with Crippen LogP contribution in [0.4, 0.5) is 0 Å². The van der Waals surface area contributed by atoms with E-state index in [1.165, 1.54) is 10.4 Å². The predicted molar refractivity (Wildman–Crippen MR) is 78.2 cm³/mol. The van der Waals surface area contributed by atoms with Crippen LogP contribution in [0.15, 0.2) is 20.0 Å². The van der Waals surface area contributed by atoms with Crippen LogP contribution in [0.3, 0.4) is 0 Å². The Kier molecular flexibility index (Phi) is 4.88. The Morgan fingerprint density at radius 1 is 1.47 bits per heavy atom. The van der Waals surface area contributed by atoms with E-state index in [-0.39, 0.29) is 27.6 Å². The van der Waals surface area contributed by atoms with Crippen LogP contribution in [0.25, 0.3) is 0 Å². The third kappa shape index (κ3) is 3.39. The lowest BCUT2D eigenvalue weighted by Gasteiger charge is -2.34. The summed E-state index contributed by atoms with van der Waals surface area (Å²) in [6.45, 7) is 8.04. The molecular formula is C12H21BrN2O3S. The van der Waals surface area contributed by atoms with Gasteiger partial charge in [0.2, 0.25) is 10.0 Å². The maximum atomic E-state index is 12.6. The van der Waals surface area contributed by atoms with Crippen molar-refractivity contribution in [1.82, 2.24) is 4.31 Å². The molecule has 1 atom stereocenters. The molecule has 7 heteroatoms. The van der Waals surface area contributed by atoms with Gasteiger partial charge in [0, 0.05) is 19.2 Å². The Morgan fingerprint density at radius 3 is 2.37 bits per heavy atom. The molecule has 0 radical (unpaired) electrons. The molecule has 1 unspecified atom stereocenters. The summed E-state index contributed by atoms with van der Waals surface area (Å²) in [6.07, 6.45) is 0. The summed E-state index contributed by atoms with van der Waals surface area (Å²) in [5.41, 5.74) is 5.30. The van der Waals surface area contributed by atoms with Crippen LogP contribution >= 0.6 is 15.9 Å². The summed E-state index contributed by atoms with van der Waals surface area (Å²) in [4.78, 5) is 0.117. The van der Waals surface area contributed by atoms with Gasteiger partial charge in [-0.1, -0.05) is 20.8 Å². The fourth-order valence-corrected chi connectivity index (χ4v) is 4.09. The average molecular weight is 353 g/mol. The van der Waals surface area contributed by atoms with Crippen molar-refractivity contribution >= 4 is 26.0 Å². The van der Waals surface area contributed by atoms with Crippen molar-refractivity contribution in [1.29, 1.82) is 0 Å². The Hall–Kier alpha value is -0.370. The highest BCUT2D eigenvalue weighted by atomic mass is 79.9. The quantitative estimate of drug-likeness (QED) is 0.903. The van der Waals surface area contributed by atoms with Crippen molar-refractivity contribution in [2.24, 2.45) is 11.1 Å². The second-order valence-electron chi connectivity index (χ2n) is 5.62. The number of hydrogen-bond donors (Lipinski definition) is 1. The largest absolute Gasteiger partial charge is 0.452 e. The Bertz CT molecular complexity index is 546. The second kappa shape index (κ2) is 5.55. The molecule has 5 nitrogen and oxygen atoms in total. The molecule has 0 aliphatic heterocycles. The Morgan fingerprint density at radius 2 is 2.00 bits per heavy atom. The van der Waals surface area contributed by atoms with Gasteiger partial charge in [-0.2, -0.15) is 4.31 Å². The summed E-state index contributed by atoms with van der Waals surface area (Å²) < 4.78 is 31.9. The molecule has 1 aromatic rings. The molecule has 0 bridgehead atoms. The van der Waals surface area contributed by atoms with E-state index in [2.05, 4.69) is 15.9 Å². The molecule has 0 saturated carbocycles. The van der Waals surface area contributed by atoms with E-state index < -0.39 is 10.0 Å². The number of nitrogens with zero attached hydrogens (tertiary/aromatic N) is 1. The summed E-state index contributed by atoms with van der Waals surface area (Å²) in [5.74, 6) is 0.433. The molecule has 19 heavy (non-hydrogen) atoms. The highest BCUT2D eigenvalue weighted by Crippen LogP contribution is 2.32. The molecule has 1 rings (SSSR count). The summed E-state index contributed by atoms with van der Waals surface area (Å²) >= 11 is 3.13. The van der Waals surface area contributed by atoms with E-state index >= 15 is 0 Å². The summed E-state index contributed by atoms with van der Waals surface area (Å²) in [5, 5.41) is 0. The van der Waals surface area contributed by atoms with Crippen molar-refractivity contribution in [3.8, 4) is 0 Å². The van der Waals surface area contributed by atoms with Gasteiger partial charge in [-0.15, -0.1) is 0 Å². The Labute approximate surface area is 123 Å². The molecule has 0 fully saturated rings. The monoisotopic (exact) mass is 352 g/mol. The van der Waals surface area contributed by atoms with Gasteiger partial charge in [-0.3, -0.25) is 0 Å². The standard InChI is InChI=1S/C12H21BrN2O3S/c1-8(12(2,3)4)15(5)19(16,17)10-6-9(7-14)18-11(10)13/h6,8H,7,14H2,1-5H3. The minimum Gasteiger partial charge on any atom is -0.452 e. The van der Waals surface area contributed by atoms with Gasteiger partial charge in [0.05, 0.1) is 6.54 Å². The number of hydrogen-bond acceptors (Lipinski definition) is 4. The molecule has 0 aliphatic rings. The van der Waals surface area contributed by atoms with Gasteiger partial charge in [-0.25, -0.2) is 8.42 Å². The number of furan rings is 1. The van der Waals surface area contributed by atoms with Crippen LogP contribution < -0.4 is 5.73 Å². The van der Waals surface area contributed by atoms with Crippen molar-refractivity contribution in [2.45, 2.75) is 45.2 Å². The Balaban J connectivity index is 3.20. The zero-order valence-electron chi connectivity index (χ0n) is 11.9. The SMILES string of the molecule is CC(N(C)S(=O)(=O)c1cc(CN)oc1Br)C(C)(C)C. The van der Waals surface area contributed by atoms with Gasteiger partial charge in [0.25, 0.3) is 0 Å². The van der Waals surface area contributed by atoms with Crippen LogP contribution in [-0.2, 0) is 16.6 Å². The second-order valence-corrected chi connectivity index (χ2v) is 8.30. The zero-order valence-corrected chi connectivity index (χ0v) is 14.3. The lowest BCUT2D eigenvalue weighted by atomic mass is 9.88. The fraction of sp³-hybridized carbons (Fsp3) is 0.667. The topological polar surface area (TPSA) is 76.5 Å². The molecule has 2 N–H and O–H groups in total. The van der Waals surface area contributed by atoms with Crippen LogP contribution in [-0.4, -0.2) is 25.8 Å². The van der Waals surface area contributed by atoms with E-state index in [0.29, 0.717) is 5.76 Å². The van der Waals surface area contributed by atoms with Gasteiger partial charge >= 0.3 is 0 Å². The van der Waals surface area contributed by atoms with Crippen LogP contribution in [0.2, 0.25) is 0 Å². The predicted octanol–water partition coefficient (Wildman–Crippen LogP) is 2.56. The number of sulfonamides is 1. The number of nitrogens with two attached hydrogens (primary N) is 1. The lowest BCUT2D eigenvalue weighted by molar-refractivity contribution is 0.216. The molecule has 110 valence electrons. The van der Waals surface area contributed by atoms with E-state index in [9.17, 15) is 8.42 Å². The lowest BCUT2D eigenvalue weighted by Crippen LogP contribution is -2.42. The minimum atomic E-state index is -3.60. The molecule has 0 aliphatic carbocycles. The number of halogens is 1. The van der Waals surface area contributed by atoms with E-state index in [1.807, 2.05) is 27.7 Å². The maximum absolute atomic E-state index is 12.6. The van der Waals surface area contributed by atoms with Crippen molar-refractivity contribution < 1.29 is 12.8 Å². The molecule has 0 aromatic carbocycles. The van der Waals surface area contributed by atoms with Crippen molar-refractivity contribution in [3.63, 3.8) is 0 Å². The highest BCUT2D eigenvalue weighted by Gasteiger charge is 2.34. The third-order valence-electron chi connectivity index (χ3n) is 3.36. The number of rotatable bonds is 4. The summed E-state index contributed by atoms with van der Waals surface area (Å²) in [6, 6.07) is 1.31. The van der Waals surface area contributed by atoms with Crippen LogP contribution in [0.1, 0.15) is 33.5 Å².